The molecule has 2 rings (SSSR count). The van der Waals surface area contributed by atoms with Crippen LogP contribution in [0, 0.1) is 13.8 Å². The molecular formula is C15H26N2OS. The molecule has 1 unspecified atom stereocenters. The van der Waals surface area contributed by atoms with Gasteiger partial charge in [0.1, 0.15) is 0 Å². The molecule has 0 saturated carbocycles. The van der Waals surface area contributed by atoms with Crippen LogP contribution in [0.3, 0.4) is 0 Å². The lowest BCUT2D eigenvalue weighted by molar-refractivity contribution is 0.0256. The maximum Gasteiger partial charge on any atom is 0.0959 e. The molecule has 0 radical (unpaired) electrons. The Morgan fingerprint density at radius 3 is 2.74 bits per heavy atom. The summed E-state index contributed by atoms with van der Waals surface area (Å²) in [4.78, 5) is 8.34. The molecule has 0 aromatic carbocycles. The first kappa shape index (κ1) is 14.9. The van der Waals surface area contributed by atoms with Crippen molar-refractivity contribution in [3.05, 3.63) is 15.6 Å². The highest BCUT2D eigenvalue weighted by Crippen LogP contribution is 2.29. The van der Waals surface area contributed by atoms with E-state index in [0.717, 1.165) is 56.0 Å². The summed E-state index contributed by atoms with van der Waals surface area (Å²) < 4.78 is 0. The number of nitrogens with zero attached hydrogens (tertiary/aromatic N) is 2. The van der Waals surface area contributed by atoms with Crippen LogP contribution in [0.4, 0.5) is 0 Å². The van der Waals surface area contributed by atoms with Gasteiger partial charge < -0.3 is 10.0 Å². The quantitative estimate of drug-likeness (QED) is 0.922. The predicted octanol–water partition coefficient (Wildman–Crippen LogP) is 2.93. The summed E-state index contributed by atoms with van der Waals surface area (Å²) in [5, 5.41) is 11.9. The van der Waals surface area contributed by atoms with Crippen molar-refractivity contribution >= 4 is 11.3 Å². The van der Waals surface area contributed by atoms with Crippen LogP contribution in [0.25, 0.3) is 0 Å². The van der Waals surface area contributed by atoms with Gasteiger partial charge in [-0.2, -0.15) is 0 Å². The fourth-order valence-electron chi connectivity index (χ4n) is 2.85. The van der Waals surface area contributed by atoms with Crippen molar-refractivity contribution in [2.45, 2.75) is 58.5 Å². The lowest BCUT2D eigenvalue weighted by Gasteiger charge is -2.26. The summed E-state index contributed by atoms with van der Waals surface area (Å²) >= 11 is 1.74. The van der Waals surface area contributed by atoms with Gasteiger partial charge in [0.05, 0.1) is 16.3 Å². The van der Waals surface area contributed by atoms with Gasteiger partial charge in [-0.15, -0.1) is 11.3 Å². The Kier molecular flexibility index (Phi) is 4.98. The Bertz CT molecular complexity index is 399. The first-order valence-electron chi connectivity index (χ1n) is 7.40. The third-order valence-corrected chi connectivity index (χ3v) is 5.18. The highest BCUT2D eigenvalue weighted by Gasteiger charge is 2.31. The Labute approximate surface area is 120 Å². The van der Waals surface area contributed by atoms with Crippen molar-refractivity contribution in [3.8, 4) is 0 Å². The van der Waals surface area contributed by atoms with Gasteiger partial charge in [-0.25, -0.2) is 4.98 Å². The van der Waals surface area contributed by atoms with Crippen LogP contribution >= 0.6 is 11.3 Å². The van der Waals surface area contributed by atoms with Crippen molar-refractivity contribution in [1.82, 2.24) is 9.88 Å². The van der Waals surface area contributed by atoms with E-state index in [-0.39, 0.29) is 0 Å². The van der Waals surface area contributed by atoms with E-state index >= 15 is 0 Å². The van der Waals surface area contributed by atoms with Gasteiger partial charge in [0.15, 0.2) is 0 Å². The molecule has 3 nitrogen and oxygen atoms in total. The number of rotatable bonds is 4. The van der Waals surface area contributed by atoms with Gasteiger partial charge in [-0.1, -0.05) is 6.92 Å². The first-order chi connectivity index (χ1) is 9.02. The molecule has 19 heavy (non-hydrogen) atoms. The molecule has 1 atom stereocenters. The molecule has 4 heteroatoms. The van der Waals surface area contributed by atoms with Crippen LogP contribution in [-0.2, 0) is 6.42 Å². The smallest absolute Gasteiger partial charge is 0.0959 e. The summed E-state index contributed by atoms with van der Waals surface area (Å²) in [6.45, 7) is 9.69. The average Bonchev–Trinajstić information content (AvgIpc) is 2.55. The molecule has 1 aliphatic rings. The molecule has 1 saturated heterocycles. The highest BCUT2D eigenvalue weighted by atomic mass is 32.1. The number of likely N-dealkylation sites (tertiary alicyclic amines) is 1. The standard InChI is InChI=1S/C15H26N2OS/c1-4-8-17-9-5-6-15(18,7-10-17)11-14-16-12(2)13(3)19-14/h18H,4-11H2,1-3H3. The van der Waals surface area contributed by atoms with Gasteiger partial charge in [0, 0.05) is 17.8 Å². The second kappa shape index (κ2) is 6.33. The van der Waals surface area contributed by atoms with E-state index in [1.165, 1.54) is 11.3 Å². The van der Waals surface area contributed by atoms with Crippen molar-refractivity contribution in [2.24, 2.45) is 0 Å². The molecule has 1 aliphatic heterocycles. The number of hydrogen-bond acceptors (Lipinski definition) is 4. The van der Waals surface area contributed by atoms with Gasteiger partial charge in [0.2, 0.25) is 0 Å². The van der Waals surface area contributed by atoms with E-state index in [0.29, 0.717) is 0 Å². The molecular weight excluding hydrogens is 256 g/mol. The van der Waals surface area contributed by atoms with Crippen LogP contribution in [-0.4, -0.2) is 40.2 Å². The van der Waals surface area contributed by atoms with Gasteiger partial charge >= 0.3 is 0 Å². The summed E-state index contributed by atoms with van der Waals surface area (Å²) in [5.41, 5.74) is 0.573. The van der Waals surface area contributed by atoms with Crippen LogP contribution in [0.15, 0.2) is 0 Å². The lowest BCUT2D eigenvalue weighted by Crippen LogP contribution is -2.33. The molecule has 1 aromatic heterocycles. The third kappa shape index (κ3) is 4.01. The number of aryl methyl sites for hydroxylation is 2. The minimum absolute atomic E-state index is 0.542. The van der Waals surface area contributed by atoms with Crippen molar-refractivity contribution < 1.29 is 5.11 Å². The number of hydrogen-bond donors (Lipinski definition) is 1. The van der Waals surface area contributed by atoms with E-state index in [4.69, 9.17) is 0 Å². The molecule has 0 aliphatic carbocycles. The molecule has 108 valence electrons. The molecule has 1 N–H and O–H groups in total. The minimum atomic E-state index is -0.542. The largest absolute Gasteiger partial charge is 0.389 e. The van der Waals surface area contributed by atoms with E-state index in [1.807, 2.05) is 0 Å². The topological polar surface area (TPSA) is 36.4 Å². The van der Waals surface area contributed by atoms with Gasteiger partial charge in [-0.05, 0) is 52.6 Å². The molecule has 2 heterocycles. The minimum Gasteiger partial charge on any atom is -0.389 e. The number of aromatic nitrogens is 1. The lowest BCUT2D eigenvalue weighted by atomic mass is 9.91. The Morgan fingerprint density at radius 2 is 2.11 bits per heavy atom. The fourth-order valence-corrected chi connectivity index (χ4v) is 3.92. The van der Waals surface area contributed by atoms with Crippen LogP contribution in [0.5, 0.6) is 0 Å². The maximum atomic E-state index is 10.8. The molecule has 0 spiro atoms. The van der Waals surface area contributed by atoms with Gasteiger partial charge in [-0.3, -0.25) is 0 Å². The van der Waals surface area contributed by atoms with E-state index in [9.17, 15) is 5.11 Å². The first-order valence-corrected chi connectivity index (χ1v) is 8.22. The predicted molar refractivity (Wildman–Crippen MR) is 80.8 cm³/mol. The number of aliphatic hydroxyl groups is 1. The summed E-state index contributed by atoms with van der Waals surface area (Å²) in [5.74, 6) is 0. The Morgan fingerprint density at radius 1 is 1.32 bits per heavy atom. The van der Waals surface area contributed by atoms with Crippen molar-refractivity contribution in [2.75, 3.05) is 19.6 Å². The summed E-state index contributed by atoms with van der Waals surface area (Å²) in [7, 11) is 0. The summed E-state index contributed by atoms with van der Waals surface area (Å²) in [6, 6.07) is 0. The monoisotopic (exact) mass is 282 g/mol. The summed E-state index contributed by atoms with van der Waals surface area (Å²) in [6.07, 6.45) is 4.81. The van der Waals surface area contributed by atoms with E-state index in [2.05, 4.69) is 30.7 Å². The molecule has 1 fully saturated rings. The third-order valence-electron chi connectivity index (χ3n) is 4.10. The Balaban J connectivity index is 1.98. The van der Waals surface area contributed by atoms with Crippen LogP contribution in [0.1, 0.15) is 48.2 Å². The SMILES string of the molecule is CCCN1CCCC(O)(Cc2nc(C)c(C)s2)CC1. The highest BCUT2D eigenvalue weighted by molar-refractivity contribution is 7.11. The zero-order valence-electron chi connectivity index (χ0n) is 12.4. The normalized spacial score (nSPS) is 25.5. The maximum absolute atomic E-state index is 10.8. The van der Waals surface area contributed by atoms with E-state index < -0.39 is 5.60 Å². The molecule has 0 bridgehead atoms. The van der Waals surface area contributed by atoms with E-state index in [1.54, 1.807) is 11.3 Å². The van der Waals surface area contributed by atoms with Crippen LogP contribution in [0.2, 0.25) is 0 Å². The number of thiazole rings is 1. The van der Waals surface area contributed by atoms with Crippen LogP contribution < -0.4 is 0 Å². The van der Waals surface area contributed by atoms with Crippen molar-refractivity contribution in [3.63, 3.8) is 0 Å². The second-order valence-electron chi connectivity index (χ2n) is 5.85. The fraction of sp³-hybridized carbons (Fsp3) is 0.800. The zero-order chi connectivity index (χ0) is 13.9. The molecule has 1 aromatic rings. The van der Waals surface area contributed by atoms with Crippen molar-refractivity contribution in [1.29, 1.82) is 0 Å². The Hall–Kier alpha value is -0.450. The molecule has 0 amide bonds. The zero-order valence-corrected chi connectivity index (χ0v) is 13.2. The average molecular weight is 282 g/mol. The second-order valence-corrected chi connectivity index (χ2v) is 7.13. The van der Waals surface area contributed by atoms with Gasteiger partial charge in [0.25, 0.3) is 0 Å².